The summed E-state index contributed by atoms with van der Waals surface area (Å²) in [6.07, 6.45) is 3.98. The van der Waals surface area contributed by atoms with Gasteiger partial charge in [-0.3, -0.25) is 4.79 Å². The molecule has 1 fully saturated rings. The fourth-order valence-electron chi connectivity index (χ4n) is 3.69. The number of carbonyl (C=O) groups is 1. The Bertz CT molecular complexity index is 886. The number of pyridine rings is 1. The molecular weight excluding hydrogens is 346 g/mol. The second-order valence-electron chi connectivity index (χ2n) is 7.27. The lowest BCUT2D eigenvalue weighted by Crippen LogP contribution is -2.39. The van der Waals surface area contributed by atoms with Crippen molar-refractivity contribution < 1.29 is 4.79 Å². The molecule has 0 unspecified atom stereocenters. The second kappa shape index (κ2) is 8.70. The predicted molar refractivity (Wildman–Crippen MR) is 113 cm³/mol. The van der Waals surface area contributed by atoms with E-state index in [1.165, 1.54) is 0 Å². The van der Waals surface area contributed by atoms with Crippen LogP contribution in [0.15, 0.2) is 79.0 Å². The molecular formula is C24H25N3O. The molecule has 0 saturated carbocycles. The number of aromatic nitrogens is 1. The summed E-state index contributed by atoms with van der Waals surface area (Å²) in [6.45, 7) is 2.71. The van der Waals surface area contributed by atoms with Gasteiger partial charge in [0, 0.05) is 31.4 Å². The number of benzene rings is 2. The van der Waals surface area contributed by atoms with Crippen LogP contribution in [0.2, 0.25) is 0 Å². The van der Waals surface area contributed by atoms with Crippen LogP contribution in [0, 0.1) is 5.92 Å². The van der Waals surface area contributed by atoms with Crippen molar-refractivity contribution in [1.29, 1.82) is 0 Å². The first-order valence-corrected chi connectivity index (χ1v) is 9.89. The van der Waals surface area contributed by atoms with Crippen molar-refractivity contribution in [3.63, 3.8) is 0 Å². The summed E-state index contributed by atoms with van der Waals surface area (Å²) >= 11 is 0. The SMILES string of the molecule is O=C(NCC1CCN(c2ccccn2)CC1)c1ccc(-c2ccccc2)cc1. The fourth-order valence-corrected chi connectivity index (χ4v) is 3.69. The van der Waals surface area contributed by atoms with E-state index in [-0.39, 0.29) is 5.91 Å². The van der Waals surface area contributed by atoms with Crippen LogP contribution in [-0.2, 0) is 0 Å². The third kappa shape index (κ3) is 4.39. The first-order valence-electron chi connectivity index (χ1n) is 9.89. The monoisotopic (exact) mass is 371 g/mol. The first-order chi connectivity index (χ1) is 13.8. The van der Waals surface area contributed by atoms with Gasteiger partial charge in [0.25, 0.3) is 5.91 Å². The molecule has 1 aromatic heterocycles. The van der Waals surface area contributed by atoms with Gasteiger partial charge in [0.05, 0.1) is 0 Å². The van der Waals surface area contributed by atoms with Gasteiger partial charge in [-0.15, -0.1) is 0 Å². The van der Waals surface area contributed by atoms with Crippen LogP contribution >= 0.6 is 0 Å². The van der Waals surface area contributed by atoms with E-state index in [9.17, 15) is 4.79 Å². The topological polar surface area (TPSA) is 45.2 Å². The Labute approximate surface area is 166 Å². The standard InChI is InChI=1S/C24H25N3O/c28-24(22-11-9-21(10-12-22)20-6-2-1-3-7-20)26-18-19-13-16-27(17-14-19)23-8-4-5-15-25-23/h1-12,15,19H,13-14,16-18H2,(H,26,28). The maximum atomic E-state index is 12.5. The Morgan fingerprint density at radius 1 is 0.893 bits per heavy atom. The van der Waals surface area contributed by atoms with Gasteiger partial charge >= 0.3 is 0 Å². The van der Waals surface area contributed by atoms with Crippen molar-refractivity contribution in [3.8, 4) is 11.1 Å². The molecule has 1 aliphatic heterocycles. The molecule has 1 amide bonds. The number of nitrogens with zero attached hydrogens (tertiary/aromatic N) is 2. The summed E-state index contributed by atoms with van der Waals surface area (Å²) < 4.78 is 0. The molecule has 4 nitrogen and oxygen atoms in total. The van der Waals surface area contributed by atoms with Gasteiger partial charge < -0.3 is 10.2 Å². The van der Waals surface area contributed by atoms with Crippen LogP contribution in [-0.4, -0.2) is 30.5 Å². The molecule has 0 atom stereocenters. The number of hydrogen-bond acceptors (Lipinski definition) is 3. The molecule has 0 aliphatic carbocycles. The van der Waals surface area contributed by atoms with E-state index in [4.69, 9.17) is 0 Å². The Morgan fingerprint density at radius 3 is 2.25 bits per heavy atom. The van der Waals surface area contributed by atoms with E-state index < -0.39 is 0 Å². The molecule has 3 aromatic rings. The van der Waals surface area contributed by atoms with E-state index in [1.54, 1.807) is 0 Å². The van der Waals surface area contributed by atoms with Gasteiger partial charge in [-0.05, 0) is 54.2 Å². The molecule has 4 heteroatoms. The molecule has 1 saturated heterocycles. The summed E-state index contributed by atoms with van der Waals surface area (Å²) in [6, 6.07) is 24.1. The molecule has 0 spiro atoms. The van der Waals surface area contributed by atoms with Crippen molar-refractivity contribution in [3.05, 3.63) is 84.6 Å². The number of anilines is 1. The van der Waals surface area contributed by atoms with Gasteiger partial charge in [-0.2, -0.15) is 0 Å². The fraction of sp³-hybridized carbons (Fsp3) is 0.250. The maximum Gasteiger partial charge on any atom is 0.251 e. The minimum Gasteiger partial charge on any atom is -0.357 e. The number of amides is 1. The summed E-state index contributed by atoms with van der Waals surface area (Å²) in [5, 5.41) is 3.11. The average Bonchev–Trinajstić information content (AvgIpc) is 2.79. The van der Waals surface area contributed by atoms with Crippen LogP contribution < -0.4 is 10.2 Å². The van der Waals surface area contributed by atoms with E-state index in [0.717, 1.165) is 49.4 Å². The Hall–Kier alpha value is -3.14. The molecule has 2 heterocycles. The lowest BCUT2D eigenvalue weighted by atomic mass is 9.96. The smallest absolute Gasteiger partial charge is 0.251 e. The van der Waals surface area contributed by atoms with Gasteiger partial charge in [0.15, 0.2) is 0 Å². The first kappa shape index (κ1) is 18.2. The molecule has 1 aliphatic rings. The second-order valence-corrected chi connectivity index (χ2v) is 7.27. The maximum absolute atomic E-state index is 12.5. The van der Waals surface area contributed by atoms with Crippen molar-refractivity contribution in [2.75, 3.05) is 24.5 Å². The minimum atomic E-state index is 0.00627. The lowest BCUT2D eigenvalue weighted by Gasteiger charge is -2.32. The van der Waals surface area contributed by atoms with Gasteiger partial charge in [-0.1, -0.05) is 48.5 Å². The van der Waals surface area contributed by atoms with Crippen LogP contribution in [0.3, 0.4) is 0 Å². The zero-order chi connectivity index (χ0) is 19.2. The Balaban J connectivity index is 1.27. The average molecular weight is 371 g/mol. The van der Waals surface area contributed by atoms with Crippen molar-refractivity contribution in [1.82, 2.24) is 10.3 Å². The van der Waals surface area contributed by atoms with Crippen LogP contribution in [0.1, 0.15) is 23.2 Å². The third-order valence-electron chi connectivity index (χ3n) is 5.39. The van der Waals surface area contributed by atoms with E-state index in [0.29, 0.717) is 11.5 Å². The minimum absolute atomic E-state index is 0.00627. The molecule has 28 heavy (non-hydrogen) atoms. The van der Waals surface area contributed by atoms with Gasteiger partial charge in [0.1, 0.15) is 5.82 Å². The van der Waals surface area contributed by atoms with Crippen LogP contribution in [0.5, 0.6) is 0 Å². The largest absolute Gasteiger partial charge is 0.357 e. The summed E-state index contributed by atoms with van der Waals surface area (Å²) in [7, 11) is 0. The van der Waals surface area contributed by atoms with Crippen molar-refractivity contribution in [2.24, 2.45) is 5.92 Å². The lowest BCUT2D eigenvalue weighted by molar-refractivity contribution is 0.0945. The molecule has 4 rings (SSSR count). The zero-order valence-electron chi connectivity index (χ0n) is 15.9. The number of piperidine rings is 1. The van der Waals surface area contributed by atoms with Crippen molar-refractivity contribution in [2.45, 2.75) is 12.8 Å². The Morgan fingerprint density at radius 2 is 1.57 bits per heavy atom. The molecule has 142 valence electrons. The van der Waals surface area contributed by atoms with E-state index >= 15 is 0 Å². The van der Waals surface area contributed by atoms with E-state index in [2.05, 4.69) is 33.4 Å². The van der Waals surface area contributed by atoms with E-state index in [1.807, 2.05) is 60.8 Å². The molecule has 0 radical (unpaired) electrons. The highest BCUT2D eigenvalue weighted by Crippen LogP contribution is 2.22. The zero-order valence-corrected chi connectivity index (χ0v) is 15.9. The number of hydrogen-bond donors (Lipinski definition) is 1. The van der Waals surface area contributed by atoms with Crippen molar-refractivity contribution >= 4 is 11.7 Å². The molecule has 1 N–H and O–H groups in total. The Kier molecular flexibility index (Phi) is 5.66. The number of nitrogens with one attached hydrogen (secondary N) is 1. The highest BCUT2D eigenvalue weighted by molar-refractivity contribution is 5.94. The summed E-state index contributed by atoms with van der Waals surface area (Å²) in [4.78, 5) is 19.2. The number of carbonyl (C=O) groups excluding carboxylic acids is 1. The van der Waals surface area contributed by atoms with Crippen LogP contribution in [0.4, 0.5) is 5.82 Å². The normalized spacial score (nSPS) is 14.6. The third-order valence-corrected chi connectivity index (χ3v) is 5.39. The highest BCUT2D eigenvalue weighted by atomic mass is 16.1. The van der Waals surface area contributed by atoms with Crippen LogP contribution in [0.25, 0.3) is 11.1 Å². The highest BCUT2D eigenvalue weighted by Gasteiger charge is 2.20. The number of rotatable bonds is 5. The summed E-state index contributed by atoms with van der Waals surface area (Å²) in [5.74, 6) is 1.57. The predicted octanol–water partition coefficient (Wildman–Crippen LogP) is 4.40. The van der Waals surface area contributed by atoms with Gasteiger partial charge in [0.2, 0.25) is 0 Å². The molecule has 0 bridgehead atoms. The quantitative estimate of drug-likeness (QED) is 0.723. The summed E-state index contributed by atoms with van der Waals surface area (Å²) in [5.41, 5.74) is 3.00. The molecule has 2 aromatic carbocycles. The van der Waals surface area contributed by atoms with Gasteiger partial charge in [-0.25, -0.2) is 4.98 Å².